The number of fused-ring (bicyclic) bond motifs is 1. The summed E-state index contributed by atoms with van der Waals surface area (Å²) >= 11 is 6.05. The average Bonchev–Trinajstić information content (AvgIpc) is 3.21. The minimum atomic E-state index is -0.992. The van der Waals surface area contributed by atoms with Crippen molar-refractivity contribution >= 4 is 29.3 Å². The molecule has 0 fully saturated rings. The molecule has 25 heavy (non-hydrogen) atoms. The van der Waals surface area contributed by atoms with Gasteiger partial charge in [0.15, 0.2) is 23.4 Å². The number of ether oxygens (including phenoxy) is 3. The average molecular weight is 367 g/mol. The van der Waals surface area contributed by atoms with Crippen LogP contribution < -0.4 is 14.8 Å². The Kier molecular flexibility index (Phi) is 4.80. The van der Waals surface area contributed by atoms with Crippen molar-refractivity contribution in [2.24, 2.45) is 0 Å². The molecule has 9 heteroatoms. The smallest absolute Gasteiger partial charge is 0.339 e. The van der Waals surface area contributed by atoms with Gasteiger partial charge in [-0.15, -0.1) is 0 Å². The molecule has 0 spiro atoms. The molecule has 1 aromatic carbocycles. The van der Waals surface area contributed by atoms with Gasteiger partial charge in [0.1, 0.15) is 5.76 Å². The molecule has 3 rings (SSSR count). The molecule has 1 aromatic heterocycles. The summed E-state index contributed by atoms with van der Waals surface area (Å²) in [6.07, 6.45) is -0.708. The van der Waals surface area contributed by atoms with Crippen LogP contribution in [0.5, 0.6) is 11.5 Å². The van der Waals surface area contributed by atoms with Gasteiger partial charge in [0.25, 0.3) is 5.91 Å². The van der Waals surface area contributed by atoms with Crippen molar-refractivity contribution in [1.29, 1.82) is 0 Å². The Morgan fingerprint density at radius 1 is 1.36 bits per heavy atom. The number of esters is 1. The van der Waals surface area contributed by atoms with Crippen LogP contribution in [0.3, 0.4) is 0 Å². The number of hydrogen-bond acceptors (Lipinski definition) is 7. The maximum absolute atomic E-state index is 12.3. The van der Waals surface area contributed by atoms with Crippen LogP contribution in [0.2, 0.25) is 5.02 Å². The lowest BCUT2D eigenvalue weighted by Crippen LogP contribution is -2.32. The van der Waals surface area contributed by atoms with Crippen molar-refractivity contribution in [1.82, 2.24) is 5.16 Å². The first-order chi connectivity index (χ1) is 12.0. The van der Waals surface area contributed by atoms with Crippen molar-refractivity contribution in [2.45, 2.75) is 26.4 Å². The van der Waals surface area contributed by atoms with Gasteiger partial charge in [-0.25, -0.2) is 4.79 Å². The normalized spacial score (nSPS) is 13.4. The third-order valence-electron chi connectivity index (χ3n) is 3.45. The van der Waals surface area contributed by atoms with E-state index in [9.17, 15) is 9.59 Å². The van der Waals surface area contributed by atoms with Crippen LogP contribution in [0, 0.1) is 6.92 Å². The molecule has 1 N–H and O–H groups in total. The van der Waals surface area contributed by atoms with Gasteiger partial charge in [0, 0.05) is 6.07 Å². The first-order valence-electron chi connectivity index (χ1n) is 7.52. The number of benzene rings is 1. The summed E-state index contributed by atoms with van der Waals surface area (Å²) < 4.78 is 20.6. The summed E-state index contributed by atoms with van der Waals surface area (Å²) in [6, 6.07) is 4.43. The molecule has 0 radical (unpaired) electrons. The molecule has 0 bridgehead atoms. The lowest BCUT2D eigenvalue weighted by Gasteiger charge is -2.15. The van der Waals surface area contributed by atoms with Gasteiger partial charge in [0.2, 0.25) is 6.79 Å². The van der Waals surface area contributed by atoms with Crippen molar-refractivity contribution in [3.8, 4) is 11.5 Å². The van der Waals surface area contributed by atoms with Crippen LogP contribution in [-0.2, 0) is 9.53 Å². The third-order valence-corrected chi connectivity index (χ3v) is 3.74. The monoisotopic (exact) mass is 366 g/mol. The molecule has 1 aliphatic rings. The Morgan fingerprint density at radius 3 is 2.84 bits per heavy atom. The highest BCUT2D eigenvalue weighted by atomic mass is 35.5. The maximum Gasteiger partial charge on any atom is 0.339 e. The van der Waals surface area contributed by atoms with Crippen LogP contribution in [0.1, 0.15) is 29.5 Å². The molecule has 0 saturated carbocycles. The van der Waals surface area contributed by atoms with E-state index < -0.39 is 18.0 Å². The Balaban J connectivity index is 1.70. The molecule has 1 amide bonds. The van der Waals surface area contributed by atoms with Gasteiger partial charge in [-0.3, -0.25) is 4.79 Å². The lowest BCUT2D eigenvalue weighted by molar-refractivity contribution is -0.124. The fourth-order valence-electron chi connectivity index (χ4n) is 2.24. The predicted molar refractivity (Wildman–Crippen MR) is 86.9 cm³/mol. The highest BCUT2D eigenvalue weighted by Gasteiger charge is 2.26. The Morgan fingerprint density at radius 2 is 2.16 bits per heavy atom. The van der Waals surface area contributed by atoms with Crippen LogP contribution in [0.15, 0.2) is 22.7 Å². The Labute approximate surface area is 148 Å². The van der Waals surface area contributed by atoms with Crippen molar-refractivity contribution in [3.05, 3.63) is 34.5 Å². The van der Waals surface area contributed by atoms with Gasteiger partial charge >= 0.3 is 5.97 Å². The van der Waals surface area contributed by atoms with Gasteiger partial charge in [-0.1, -0.05) is 23.7 Å². The summed E-state index contributed by atoms with van der Waals surface area (Å²) in [4.78, 5) is 24.6. The fourth-order valence-corrected chi connectivity index (χ4v) is 2.50. The predicted octanol–water partition coefficient (Wildman–Crippen LogP) is 2.94. The van der Waals surface area contributed by atoms with Gasteiger partial charge in [-0.05, 0) is 25.5 Å². The van der Waals surface area contributed by atoms with E-state index in [1.54, 1.807) is 19.9 Å². The van der Waals surface area contributed by atoms with E-state index in [2.05, 4.69) is 10.5 Å². The molecule has 2 aromatic rings. The van der Waals surface area contributed by atoms with E-state index in [4.69, 9.17) is 30.3 Å². The van der Waals surface area contributed by atoms with E-state index in [0.29, 0.717) is 17.3 Å². The molecular weight excluding hydrogens is 352 g/mol. The number of amides is 1. The van der Waals surface area contributed by atoms with Crippen LogP contribution >= 0.6 is 11.6 Å². The number of carbonyl (C=O) groups excluding carboxylic acids is 2. The topological polar surface area (TPSA) is 99.9 Å². The zero-order valence-corrected chi connectivity index (χ0v) is 14.3. The zero-order valence-electron chi connectivity index (χ0n) is 13.5. The molecule has 132 valence electrons. The van der Waals surface area contributed by atoms with E-state index in [0.717, 1.165) is 0 Å². The largest absolute Gasteiger partial charge is 0.454 e. The summed E-state index contributed by atoms with van der Waals surface area (Å²) in [5.74, 6) is 0.340. The third kappa shape index (κ3) is 3.69. The first-order valence-corrected chi connectivity index (χ1v) is 7.90. The second-order valence-corrected chi connectivity index (χ2v) is 5.71. The SMILES string of the molecule is CC[C@@H](OC(=O)c1cc(Cl)c2c(c1)OCO2)C(=O)Nc1cc(C)on1. The van der Waals surface area contributed by atoms with E-state index >= 15 is 0 Å². The highest BCUT2D eigenvalue weighted by molar-refractivity contribution is 6.32. The fraction of sp³-hybridized carbons (Fsp3) is 0.312. The number of aryl methyl sites for hydroxylation is 1. The molecule has 8 nitrogen and oxygen atoms in total. The van der Waals surface area contributed by atoms with Gasteiger partial charge < -0.3 is 24.1 Å². The number of nitrogens with zero attached hydrogens (tertiary/aromatic N) is 1. The maximum atomic E-state index is 12.3. The molecule has 2 heterocycles. The Bertz CT molecular complexity index is 819. The van der Waals surface area contributed by atoms with Crippen molar-refractivity contribution in [3.63, 3.8) is 0 Å². The minimum absolute atomic E-state index is 0.0324. The number of carbonyl (C=O) groups is 2. The standard InChI is InChI=1S/C16H15ClN2O6/c1-3-11(15(20)18-13-4-8(2)25-19-13)24-16(21)9-5-10(17)14-12(6-9)22-7-23-14/h4-6,11H,3,7H2,1-2H3,(H,18,19,20)/t11-/m1/s1. The second kappa shape index (κ2) is 7.02. The van der Waals surface area contributed by atoms with E-state index in [-0.39, 0.29) is 29.6 Å². The molecule has 1 atom stereocenters. The molecule has 0 aliphatic carbocycles. The highest BCUT2D eigenvalue weighted by Crippen LogP contribution is 2.40. The Hall–Kier alpha value is -2.74. The van der Waals surface area contributed by atoms with Crippen molar-refractivity contribution in [2.75, 3.05) is 12.1 Å². The lowest BCUT2D eigenvalue weighted by atomic mass is 10.2. The number of hydrogen-bond donors (Lipinski definition) is 1. The molecule has 1 aliphatic heterocycles. The van der Waals surface area contributed by atoms with Crippen LogP contribution in [0.25, 0.3) is 0 Å². The summed E-state index contributed by atoms with van der Waals surface area (Å²) in [5, 5.41) is 6.43. The van der Waals surface area contributed by atoms with E-state index in [1.807, 2.05) is 0 Å². The van der Waals surface area contributed by atoms with Gasteiger partial charge in [-0.2, -0.15) is 0 Å². The molecule has 0 unspecified atom stereocenters. The van der Waals surface area contributed by atoms with Crippen molar-refractivity contribution < 1.29 is 28.3 Å². The summed E-state index contributed by atoms with van der Waals surface area (Å²) in [7, 11) is 0. The first kappa shape index (κ1) is 17.1. The number of anilines is 1. The quantitative estimate of drug-likeness (QED) is 0.812. The van der Waals surface area contributed by atoms with Crippen LogP contribution in [0.4, 0.5) is 5.82 Å². The number of halogens is 1. The van der Waals surface area contributed by atoms with E-state index in [1.165, 1.54) is 12.1 Å². The van der Waals surface area contributed by atoms with Gasteiger partial charge in [0.05, 0.1) is 10.6 Å². The molecule has 0 saturated heterocycles. The number of rotatable bonds is 5. The second-order valence-electron chi connectivity index (χ2n) is 5.31. The minimum Gasteiger partial charge on any atom is -0.454 e. The molecular formula is C16H15ClN2O6. The summed E-state index contributed by atoms with van der Waals surface area (Å²) in [5.41, 5.74) is 0.165. The summed E-state index contributed by atoms with van der Waals surface area (Å²) in [6.45, 7) is 3.45. The zero-order chi connectivity index (χ0) is 18.0. The van der Waals surface area contributed by atoms with Crippen LogP contribution in [-0.4, -0.2) is 29.9 Å². The number of aromatic nitrogens is 1. The number of nitrogens with one attached hydrogen (secondary N) is 1.